The van der Waals surface area contributed by atoms with E-state index in [4.69, 9.17) is 0 Å². The lowest BCUT2D eigenvalue weighted by Gasteiger charge is -2.62. The van der Waals surface area contributed by atoms with Crippen LogP contribution in [0.4, 0.5) is 0 Å². The molecular weight excluding hydrogens is 394 g/mol. The minimum Gasteiger partial charge on any atom is -0.390 e. The SMILES string of the molecule is CC[C@]1(O)CC[C@@]2(C)[C@@H](CCC3[C@@H]2CC[C@]2(C)[C@@H]([C@H](C)[C@@H](O)c4cccnc4)CC[C@@H]32)C1. The van der Waals surface area contributed by atoms with Gasteiger partial charge in [0.15, 0.2) is 0 Å². The Labute approximate surface area is 195 Å². The molecule has 2 N–H and O–H groups in total. The highest BCUT2D eigenvalue weighted by molar-refractivity contribution is 5.16. The van der Waals surface area contributed by atoms with Crippen LogP contribution in [0.15, 0.2) is 24.5 Å². The fraction of sp³-hybridized carbons (Fsp3) is 0.828. The molecule has 10 atom stereocenters. The van der Waals surface area contributed by atoms with Gasteiger partial charge in [-0.25, -0.2) is 0 Å². The second-order valence-corrected chi connectivity index (χ2v) is 12.8. The van der Waals surface area contributed by atoms with Gasteiger partial charge in [-0.3, -0.25) is 4.98 Å². The fourth-order valence-electron chi connectivity index (χ4n) is 9.62. The van der Waals surface area contributed by atoms with Crippen LogP contribution in [0.25, 0.3) is 0 Å². The summed E-state index contributed by atoms with van der Waals surface area (Å²) in [4.78, 5) is 4.25. The van der Waals surface area contributed by atoms with Gasteiger partial charge in [0.05, 0.1) is 11.7 Å². The van der Waals surface area contributed by atoms with Crippen LogP contribution in [0.3, 0.4) is 0 Å². The molecule has 178 valence electrons. The lowest BCUT2D eigenvalue weighted by atomic mass is 9.43. The molecule has 4 aliphatic carbocycles. The third kappa shape index (κ3) is 3.40. The Morgan fingerprint density at radius 2 is 1.81 bits per heavy atom. The molecular formula is C29H45NO2. The number of nitrogens with zero attached hydrogens (tertiary/aromatic N) is 1. The molecule has 0 saturated heterocycles. The highest BCUT2D eigenvalue weighted by Gasteiger charge is 2.61. The van der Waals surface area contributed by atoms with E-state index in [1.165, 1.54) is 44.9 Å². The van der Waals surface area contributed by atoms with Crippen LogP contribution in [0.5, 0.6) is 0 Å². The van der Waals surface area contributed by atoms with Gasteiger partial charge in [0, 0.05) is 12.4 Å². The van der Waals surface area contributed by atoms with Crippen molar-refractivity contribution in [2.45, 2.75) is 104 Å². The number of aromatic nitrogens is 1. The second kappa shape index (κ2) is 8.08. The monoisotopic (exact) mass is 439 g/mol. The number of rotatable bonds is 4. The summed E-state index contributed by atoms with van der Waals surface area (Å²) in [6.45, 7) is 9.61. The Morgan fingerprint density at radius 3 is 2.53 bits per heavy atom. The van der Waals surface area contributed by atoms with E-state index in [1.54, 1.807) is 6.20 Å². The Balaban J connectivity index is 1.35. The van der Waals surface area contributed by atoms with Crippen molar-refractivity contribution < 1.29 is 10.2 Å². The molecule has 3 nitrogen and oxygen atoms in total. The maximum atomic E-state index is 11.2. The van der Waals surface area contributed by atoms with Crippen LogP contribution < -0.4 is 0 Å². The Hall–Kier alpha value is -0.930. The van der Waals surface area contributed by atoms with Crippen LogP contribution in [0.1, 0.15) is 104 Å². The molecule has 4 aliphatic rings. The minimum absolute atomic E-state index is 0.270. The molecule has 3 heteroatoms. The highest BCUT2D eigenvalue weighted by Crippen LogP contribution is 2.69. The summed E-state index contributed by atoms with van der Waals surface area (Å²) < 4.78 is 0. The third-order valence-electron chi connectivity index (χ3n) is 11.7. The smallest absolute Gasteiger partial charge is 0.0833 e. The van der Waals surface area contributed by atoms with Crippen LogP contribution >= 0.6 is 0 Å². The first kappa shape index (κ1) is 22.8. The molecule has 32 heavy (non-hydrogen) atoms. The summed E-state index contributed by atoms with van der Waals surface area (Å²) in [5.74, 6) is 4.04. The summed E-state index contributed by atoms with van der Waals surface area (Å²) in [5, 5.41) is 22.2. The molecule has 1 unspecified atom stereocenters. The van der Waals surface area contributed by atoms with Crippen molar-refractivity contribution in [3.05, 3.63) is 30.1 Å². The van der Waals surface area contributed by atoms with E-state index < -0.39 is 11.7 Å². The van der Waals surface area contributed by atoms with Gasteiger partial charge in [-0.15, -0.1) is 0 Å². The maximum absolute atomic E-state index is 11.2. The zero-order chi connectivity index (χ0) is 22.7. The molecule has 4 fully saturated rings. The van der Waals surface area contributed by atoms with E-state index in [-0.39, 0.29) is 5.92 Å². The van der Waals surface area contributed by atoms with Crippen molar-refractivity contribution in [1.82, 2.24) is 4.98 Å². The summed E-state index contributed by atoms with van der Waals surface area (Å²) in [6, 6.07) is 3.97. The number of fused-ring (bicyclic) bond motifs is 5. The summed E-state index contributed by atoms with van der Waals surface area (Å²) >= 11 is 0. The van der Waals surface area contributed by atoms with Crippen molar-refractivity contribution >= 4 is 0 Å². The van der Waals surface area contributed by atoms with Crippen molar-refractivity contribution in [1.29, 1.82) is 0 Å². The Bertz CT molecular complexity index is 813. The number of hydrogen-bond acceptors (Lipinski definition) is 3. The van der Waals surface area contributed by atoms with Crippen LogP contribution in [-0.2, 0) is 0 Å². The maximum Gasteiger partial charge on any atom is 0.0833 e. The normalized spacial score (nSPS) is 47.8. The predicted molar refractivity (Wildman–Crippen MR) is 129 cm³/mol. The van der Waals surface area contributed by atoms with E-state index >= 15 is 0 Å². The zero-order valence-corrected chi connectivity index (χ0v) is 20.8. The largest absolute Gasteiger partial charge is 0.390 e. The number of aliphatic hydroxyl groups excluding tert-OH is 1. The summed E-state index contributed by atoms with van der Waals surface area (Å²) in [7, 11) is 0. The fourth-order valence-corrected chi connectivity index (χ4v) is 9.62. The number of pyridine rings is 1. The summed E-state index contributed by atoms with van der Waals surface area (Å²) in [5.41, 5.74) is 1.34. The molecule has 1 aromatic heterocycles. The molecule has 0 amide bonds. The second-order valence-electron chi connectivity index (χ2n) is 12.8. The standard InChI is InChI=1S/C29H45NO2/c1-5-29(32)15-14-27(3)21(17-29)8-9-22-24-11-10-23(28(24,4)13-12-25(22)27)19(2)26(31)20-7-6-16-30-18-20/h6-7,16,18-19,21-26,31-32H,5,8-15,17H2,1-4H3/t19-,21-,22?,23+,24-,25-,26+,27-,28+,29-/m0/s1. The summed E-state index contributed by atoms with van der Waals surface area (Å²) in [6.07, 6.45) is 15.3. The first-order valence-electron chi connectivity index (χ1n) is 13.5. The molecule has 1 heterocycles. The highest BCUT2D eigenvalue weighted by atomic mass is 16.3. The van der Waals surface area contributed by atoms with E-state index in [0.29, 0.717) is 22.7 Å². The molecule has 4 saturated carbocycles. The van der Waals surface area contributed by atoms with Gasteiger partial charge in [-0.05, 0) is 122 Å². The average Bonchev–Trinajstić information content (AvgIpc) is 3.16. The quantitative estimate of drug-likeness (QED) is 0.559. The van der Waals surface area contributed by atoms with E-state index in [0.717, 1.165) is 42.6 Å². The molecule has 0 aliphatic heterocycles. The minimum atomic E-state index is -0.416. The molecule has 0 aromatic carbocycles. The molecule has 0 radical (unpaired) electrons. The van der Waals surface area contributed by atoms with Gasteiger partial charge >= 0.3 is 0 Å². The van der Waals surface area contributed by atoms with Gasteiger partial charge < -0.3 is 10.2 Å². The van der Waals surface area contributed by atoms with Crippen molar-refractivity contribution in [2.24, 2.45) is 46.3 Å². The lowest BCUT2D eigenvalue weighted by Crippen LogP contribution is -2.56. The molecule has 0 bridgehead atoms. The molecule has 5 rings (SSSR count). The van der Waals surface area contributed by atoms with Crippen LogP contribution in [0, 0.1) is 46.3 Å². The lowest BCUT2D eigenvalue weighted by molar-refractivity contribution is -0.154. The van der Waals surface area contributed by atoms with Crippen LogP contribution in [-0.4, -0.2) is 20.8 Å². The zero-order valence-electron chi connectivity index (χ0n) is 20.8. The number of aliphatic hydroxyl groups is 2. The van der Waals surface area contributed by atoms with Crippen molar-refractivity contribution in [3.63, 3.8) is 0 Å². The van der Waals surface area contributed by atoms with Gasteiger partial charge in [-0.2, -0.15) is 0 Å². The van der Waals surface area contributed by atoms with Crippen molar-refractivity contribution in [3.8, 4) is 0 Å². The number of hydrogen-bond donors (Lipinski definition) is 2. The van der Waals surface area contributed by atoms with E-state index in [1.807, 2.05) is 18.3 Å². The van der Waals surface area contributed by atoms with Gasteiger partial charge in [-0.1, -0.05) is 33.8 Å². The molecule has 1 aromatic rings. The van der Waals surface area contributed by atoms with Gasteiger partial charge in [0.1, 0.15) is 0 Å². The van der Waals surface area contributed by atoms with E-state index in [2.05, 4.69) is 32.7 Å². The average molecular weight is 440 g/mol. The van der Waals surface area contributed by atoms with Gasteiger partial charge in [0.25, 0.3) is 0 Å². The Kier molecular flexibility index (Phi) is 5.77. The topological polar surface area (TPSA) is 53.4 Å². The van der Waals surface area contributed by atoms with Crippen molar-refractivity contribution in [2.75, 3.05) is 0 Å². The first-order valence-corrected chi connectivity index (χ1v) is 13.5. The Morgan fingerprint density at radius 1 is 1.03 bits per heavy atom. The first-order chi connectivity index (χ1) is 15.2. The van der Waals surface area contributed by atoms with Crippen LogP contribution in [0.2, 0.25) is 0 Å². The molecule has 0 spiro atoms. The predicted octanol–water partition coefficient (Wildman–Crippen LogP) is 6.55. The third-order valence-corrected chi connectivity index (χ3v) is 11.7. The van der Waals surface area contributed by atoms with E-state index in [9.17, 15) is 10.2 Å². The van der Waals surface area contributed by atoms with Gasteiger partial charge in [0.2, 0.25) is 0 Å².